The second-order valence-corrected chi connectivity index (χ2v) is 5.11. The van der Waals surface area contributed by atoms with Crippen LogP contribution in [0, 0.1) is 0 Å². The Kier molecular flexibility index (Phi) is 4.80. The highest BCUT2D eigenvalue weighted by Gasteiger charge is 2.17. The van der Waals surface area contributed by atoms with Crippen molar-refractivity contribution >= 4 is 17.3 Å². The zero-order chi connectivity index (χ0) is 13.7. The maximum absolute atomic E-state index is 11.8. The summed E-state index contributed by atoms with van der Waals surface area (Å²) < 4.78 is 0. The van der Waals surface area contributed by atoms with Crippen LogP contribution in [0.1, 0.15) is 19.8 Å². The van der Waals surface area contributed by atoms with Gasteiger partial charge in [0.25, 0.3) is 0 Å². The van der Waals surface area contributed by atoms with Crippen LogP contribution < -0.4 is 10.2 Å². The average molecular weight is 261 g/mol. The molecule has 1 saturated heterocycles. The Morgan fingerprint density at radius 2 is 1.89 bits per heavy atom. The molecule has 0 aliphatic carbocycles. The minimum absolute atomic E-state index is 0.101. The highest BCUT2D eigenvalue weighted by atomic mass is 16.1. The van der Waals surface area contributed by atoms with E-state index in [1.165, 1.54) is 0 Å². The highest BCUT2D eigenvalue weighted by molar-refractivity contribution is 5.94. The molecule has 1 fully saturated rings. The summed E-state index contributed by atoms with van der Waals surface area (Å²) in [6.07, 6.45) is 1.46. The maximum atomic E-state index is 11.8. The summed E-state index contributed by atoms with van der Waals surface area (Å²) in [4.78, 5) is 16.4. The third-order valence-corrected chi connectivity index (χ3v) is 3.50. The molecule has 1 aliphatic rings. The number of hydrogen-bond acceptors (Lipinski definition) is 3. The van der Waals surface area contributed by atoms with E-state index in [1.807, 2.05) is 25.1 Å². The predicted octanol–water partition coefficient (Wildman–Crippen LogP) is 2.18. The molecule has 0 bridgehead atoms. The fourth-order valence-corrected chi connectivity index (χ4v) is 2.34. The molecule has 0 unspecified atom stereocenters. The number of rotatable bonds is 4. The molecule has 0 spiro atoms. The number of anilines is 2. The van der Waals surface area contributed by atoms with Crippen molar-refractivity contribution < 1.29 is 4.79 Å². The standard InChI is InChI=1S/C15H23N3O/c1-3-6-15(19)16-13-7-4-5-8-14(13)18-11-9-17(2)10-12-18/h4-5,7-8H,3,6,9-12H2,1-2H3,(H,16,19). The van der Waals surface area contributed by atoms with Gasteiger partial charge in [0.15, 0.2) is 0 Å². The van der Waals surface area contributed by atoms with Crippen molar-refractivity contribution in [3.63, 3.8) is 0 Å². The lowest BCUT2D eigenvalue weighted by atomic mass is 10.2. The molecule has 4 nitrogen and oxygen atoms in total. The fraction of sp³-hybridized carbons (Fsp3) is 0.533. The number of nitrogens with zero attached hydrogens (tertiary/aromatic N) is 2. The molecule has 1 aliphatic heterocycles. The van der Waals surface area contributed by atoms with Crippen LogP contribution in [-0.2, 0) is 4.79 Å². The molecule has 0 atom stereocenters. The Labute approximate surface area is 115 Å². The average Bonchev–Trinajstić information content (AvgIpc) is 2.41. The smallest absolute Gasteiger partial charge is 0.224 e. The van der Waals surface area contributed by atoms with Gasteiger partial charge in [-0.1, -0.05) is 19.1 Å². The molecule has 2 rings (SSSR count). The Bertz CT molecular complexity index is 425. The summed E-state index contributed by atoms with van der Waals surface area (Å²) in [6, 6.07) is 8.08. The third-order valence-electron chi connectivity index (χ3n) is 3.50. The van der Waals surface area contributed by atoms with Gasteiger partial charge in [0.2, 0.25) is 5.91 Å². The monoisotopic (exact) mass is 261 g/mol. The van der Waals surface area contributed by atoms with E-state index in [4.69, 9.17) is 0 Å². The summed E-state index contributed by atoms with van der Waals surface area (Å²) in [5.41, 5.74) is 2.07. The van der Waals surface area contributed by atoms with Gasteiger partial charge in [-0.15, -0.1) is 0 Å². The second-order valence-electron chi connectivity index (χ2n) is 5.11. The van der Waals surface area contributed by atoms with Crippen molar-refractivity contribution in [1.82, 2.24) is 4.90 Å². The number of likely N-dealkylation sites (N-methyl/N-ethyl adjacent to an activating group) is 1. The van der Waals surface area contributed by atoms with E-state index in [1.54, 1.807) is 0 Å². The lowest BCUT2D eigenvalue weighted by molar-refractivity contribution is -0.116. The van der Waals surface area contributed by atoms with Crippen LogP contribution in [0.25, 0.3) is 0 Å². The second kappa shape index (κ2) is 6.57. The first-order chi connectivity index (χ1) is 9.20. The van der Waals surface area contributed by atoms with E-state index in [0.717, 1.165) is 44.0 Å². The van der Waals surface area contributed by atoms with Gasteiger partial charge in [-0.05, 0) is 25.6 Å². The van der Waals surface area contributed by atoms with Gasteiger partial charge >= 0.3 is 0 Å². The molecule has 4 heteroatoms. The molecule has 1 amide bonds. The van der Waals surface area contributed by atoms with Crippen LogP contribution in [0.5, 0.6) is 0 Å². The fourth-order valence-electron chi connectivity index (χ4n) is 2.34. The SMILES string of the molecule is CCCC(=O)Nc1ccccc1N1CCN(C)CC1. The molecule has 104 valence electrons. The van der Waals surface area contributed by atoms with E-state index in [9.17, 15) is 4.79 Å². The minimum atomic E-state index is 0.101. The first-order valence-electron chi connectivity index (χ1n) is 7.03. The van der Waals surface area contributed by atoms with Gasteiger partial charge in [0.05, 0.1) is 11.4 Å². The first kappa shape index (κ1) is 13.9. The Hall–Kier alpha value is -1.55. The number of hydrogen-bond donors (Lipinski definition) is 1. The summed E-state index contributed by atoms with van der Waals surface area (Å²) in [5.74, 6) is 0.101. The lowest BCUT2D eigenvalue weighted by Gasteiger charge is -2.35. The lowest BCUT2D eigenvalue weighted by Crippen LogP contribution is -2.44. The van der Waals surface area contributed by atoms with E-state index >= 15 is 0 Å². The van der Waals surface area contributed by atoms with E-state index < -0.39 is 0 Å². The van der Waals surface area contributed by atoms with Gasteiger partial charge < -0.3 is 15.1 Å². The number of piperazine rings is 1. The molecule has 1 aromatic rings. The van der Waals surface area contributed by atoms with Crippen molar-refractivity contribution in [3.8, 4) is 0 Å². The summed E-state index contributed by atoms with van der Waals surface area (Å²) >= 11 is 0. The van der Waals surface area contributed by atoms with Crippen LogP contribution >= 0.6 is 0 Å². The van der Waals surface area contributed by atoms with Crippen LogP contribution in [0.4, 0.5) is 11.4 Å². The predicted molar refractivity (Wildman–Crippen MR) is 79.7 cm³/mol. The number of nitrogens with one attached hydrogen (secondary N) is 1. The third kappa shape index (κ3) is 3.70. The quantitative estimate of drug-likeness (QED) is 0.902. The van der Waals surface area contributed by atoms with Crippen LogP contribution in [-0.4, -0.2) is 44.0 Å². The molecular formula is C15H23N3O. The van der Waals surface area contributed by atoms with E-state index in [2.05, 4.69) is 28.2 Å². The number of para-hydroxylation sites is 2. The Balaban J connectivity index is 2.09. The number of carbonyl (C=O) groups excluding carboxylic acids is 1. The topological polar surface area (TPSA) is 35.6 Å². The van der Waals surface area contributed by atoms with Crippen LogP contribution in [0.2, 0.25) is 0 Å². The summed E-state index contributed by atoms with van der Waals surface area (Å²) in [6.45, 7) is 6.18. The van der Waals surface area contributed by atoms with Crippen molar-refractivity contribution in [2.75, 3.05) is 43.4 Å². The van der Waals surface area contributed by atoms with Gasteiger partial charge in [0.1, 0.15) is 0 Å². The normalized spacial score (nSPS) is 16.4. The van der Waals surface area contributed by atoms with Gasteiger partial charge in [-0.3, -0.25) is 4.79 Å². The Morgan fingerprint density at radius 3 is 2.58 bits per heavy atom. The maximum Gasteiger partial charge on any atom is 0.224 e. The van der Waals surface area contributed by atoms with E-state index in [0.29, 0.717) is 6.42 Å². The number of amides is 1. The molecule has 0 aromatic heterocycles. The molecule has 1 aromatic carbocycles. The van der Waals surface area contributed by atoms with Crippen molar-refractivity contribution in [2.24, 2.45) is 0 Å². The molecule has 0 radical (unpaired) electrons. The van der Waals surface area contributed by atoms with Crippen molar-refractivity contribution in [3.05, 3.63) is 24.3 Å². The van der Waals surface area contributed by atoms with Crippen molar-refractivity contribution in [2.45, 2.75) is 19.8 Å². The summed E-state index contributed by atoms with van der Waals surface area (Å²) in [5, 5.41) is 3.03. The molecule has 1 heterocycles. The van der Waals surface area contributed by atoms with Gasteiger partial charge in [-0.2, -0.15) is 0 Å². The molecule has 1 N–H and O–H groups in total. The minimum Gasteiger partial charge on any atom is -0.367 e. The van der Waals surface area contributed by atoms with Crippen LogP contribution in [0.15, 0.2) is 24.3 Å². The summed E-state index contributed by atoms with van der Waals surface area (Å²) in [7, 11) is 2.15. The molecular weight excluding hydrogens is 238 g/mol. The van der Waals surface area contributed by atoms with Gasteiger partial charge in [0, 0.05) is 32.6 Å². The highest BCUT2D eigenvalue weighted by Crippen LogP contribution is 2.26. The van der Waals surface area contributed by atoms with Crippen molar-refractivity contribution in [1.29, 1.82) is 0 Å². The molecule has 0 saturated carbocycles. The first-order valence-corrected chi connectivity index (χ1v) is 7.03. The van der Waals surface area contributed by atoms with Gasteiger partial charge in [-0.25, -0.2) is 0 Å². The zero-order valence-corrected chi connectivity index (χ0v) is 11.9. The van der Waals surface area contributed by atoms with Crippen LogP contribution in [0.3, 0.4) is 0 Å². The van der Waals surface area contributed by atoms with E-state index in [-0.39, 0.29) is 5.91 Å². The number of carbonyl (C=O) groups is 1. The zero-order valence-electron chi connectivity index (χ0n) is 11.9. The Morgan fingerprint density at radius 1 is 1.21 bits per heavy atom. The molecule has 19 heavy (non-hydrogen) atoms. The largest absolute Gasteiger partial charge is 0.367 e. The number of benzene rings is 1.